The Morgan fingerprint density at radius 1 is 1.36 bits per heavy atom. The van der Waals surface area contributed by atoms with Gasteiger partial charge in [-0.05, 0) is 19.3 Å². The molecule has 0 aliphatic heterocycles. The molecular formula is C14H22N4O4. The average molecular weight is 310 g/mol. The van der Waals surface area contributed by atoms with Crippen LogP contribution in [0.5, 0.6) is 5.88 Å². The molecule has 122 valence electrons. The third-order valence-corrected chi connectivity index (χ3v) is 3.34. The smallest absolute Gasteiger partial charge is 0.372 e. The van der Waals surface area contributed by atoms with Crippen LogP contribution in [0.2, 0.25) is 0 Å². The minimum absolute atomic E-state index is 0.0259. The Balaban J connectivity index is 2.28. The lowest BCUT2D eigenvalue weighted by atomic mass is 10.3. The first-order valence-corrected chi connectivity index (χ1v) is 7.59. The maximum atomic E-state index is 11.4. The second kappa shape index (κ2) is 7.88. The van der Waals surface area contributed by atoms with Crippen molar-refractivity contribution in [2.45, 2.75) is 38.5 Å². The van der Waals surface area contributed by atoms with Crippen LogP contribution in [0.3, 0.4) is 0 Å². The lowest BCUT2D eigenvalue weighted by Crippen LogP contribution is -2.13. The first-order chi connectivity index (χ1) is 10.7. The highest BCUT2D eigenvalue weighted by atomic mass is 16.6. The zero-order chi connectivity index (χ0) is 15.9. The van der Waals surface area contributed by atoms with Crippen molar-refractivity contribution < 1.29 is 14.4 Å². The van der Waals surface area contributed by atoms with Crippen LogP contribution in [-0.2, 0) is 4.74 Å². The summed E-state index contributed by atoms with van der Waals surface area (Å²) in [5, 5.41) is 14.4. The number of anilines is 1. The molecule has 0 amide bonds. The van der Waals surface area contributed by atoms with Crippen LogP contribution >= 0.6 is 0 Å². The molecule has 1 fully saturated rings. The first kappa shape index (κ1) is 16.4. The fourth-order valence-corrected chi connectivity index (χ4v) is 1.97. The van der Waals surface area contributed by atoms with Gasteiger partial charge in [0, 0.05) is 19.6 Å². The van der Waals surface area contributed by atoms with Gasteiger partial charge in [0.25, 0.3) is 5.88 Å². The Bertz CT molecular complexity index is 489. The lowest BCUT2D eigenvalue weighted by molar-refractivity contribution is -0.385. The molecule has 1 heterocycles. The van der Waals surface area contributed by atoms with Crippen molar-refractivity contribution in [1.29, 1.82) is 0 Å². The van der Waals surface area contributed by atoms with Gasteiger partial charge in [0.05, 0.1) is 11.5 Å². The minimum Gasteiger partial charge on any atom is -0.470 e. The van der Waals surface area contributed by atoms with E-state index in [-0.39, 0.29) is 29.9 Å². The molecule has 8 heteroatoms. The number of nitro groups is 1. The van der Waals surface area contributed by atoms with E-state index < -0.39 is 4.92 Å². The van der Waals surface area contributed by atoms with Crippen LogP contribution < -0.4 is 10.1 Å². The highest BCUT2D eigenvalue weighted by molar-refractivity contribution is 5.62. The van der Waals surface area contributed by atoms with E-state index in [1.54, 1.807) is 7.11 Å². The van der Waals surface area contributed by atoms with E-state index >= 15 is 0 Å². The van der Waals surface area contributed by atoms with Crippen molar-refractivity contribution in [3.8, 4) is 5.88 Å². The highest BCUT2D eigenvalue weighted by Crippen LogP contribution is 2.41. The molecule has 0 atom stereocenters. The molecule has 1 aromatic heterocycles. The van der Waals surface area contributed by atoms with Gasteiger partial charge >= 0.3 is 5.69 Å². The van der Waals surface area contributed by atoms with E-state index in [1.165, 1.54) is 0 Å². The van der Waals surface area contributed by atoms with Crippen LogP contribution in [0.15, 0.2) is 0 Å². The zero-order valence-electron chi connectivity index (χ0n) is 13.0. The second-order valence-corrected chi connectivity index (χ2v) is 5.24. The summed E-state index contributed by atoms with van der Waals surface area (Å²) in [5.41, 5.74) is -0.198. The topological polar surface area (TPSA) is 99.4 Å². The van der Waals surface area contributed by atoms with Gasteiger partial charge in [-0.15, -0.1) is 0 Å². The predicted octanol–water partition coefficient (Wildman–Crippen LogP) is 2.50. The number of rotatable bonds is 10. The van der Waals surface area contributed by atoms with Crippen molar-refractivity contribution >= 4 is 11.5 Å². The van der Waals surface area contributed by atoms with Gasteiger partial charge < -0.3 is 14.8 Å². The van der Waals surface area contributed by atoms with Gasteiger partial charge in [-0.25, -0.2) is 4.98 Å². The van der Waals surface area contributed by atoms with Crippen LogP contribution in [0, 0.1) is 10.1 Å². The Labute approximate surface area is 129 Å². The zero-order valence-corrected chi connectivity index (χ0v) is 13.0. The molecule has 8 nitrogen and oxygen atoms in total. The first-order valence-electron chi connectivity index (χ1n) is 7.59. The summed E-state index contributed by atoms with van der Waals surface area (Å²) in [6.07, 6.45) is 3.95. The van der Waals surface area contributed by atoms with Gasteiger partial charge in [-0.1, -0.05) is 13.3 Å². The van der Waals surface area contributed by atoms with Gasteiger partial charge in [-0.3, -0.25) is 10.1 Å². The van der Waals surface area contributed by atoms with Crippen molar-refractivity contribution in [3.05, 3.63) is 15.9 Å². The molecule has 0 saturated heterocycles. The summed E-state index contributed by atoms with van der Waals surface area (Å²) < 4.78 is 10.4. The van der Waals surface area contributed by atoms with E-state index in [0.717, 1.165) is 25.7 Å². The molecule has 0 bridgehead atoms. The number of nitrogens with one attached hydrogen (secondary N) is 1. The Morgan fingerprint density at radius 2 is 2.14 bits per heavy atom. The van der Waals surface area contributed by atoms with Crippen molar-refractivity contribution in [2.24, 2.45) is 0 Å². The summed E-state index contributed by atoms with van der Waals surface area (Å²) in [5.74, 6) is 1.19. The van der Waals surface area contributed by atoms with E-state index in [4.69, 9.17) is 9.47 Å². The predicted molar refractivity (Wildman–Crippen MR) is 81.4 cm³/mol. The third-order valence-electron chi connectivity index (χ3n) is 3.34. The minimum atomic E-state index is -0.493. The fraction of sp³-hybridized carbons (Fsp3) is 0.714. The largest absolute Gasteiger partial charge is 0.470 e. The SMILES string of the molecule is CCCCNc1nc(C2CC2)nc(OCCOC)c1[N+](=O)[O-]. The Morgan fingerprint density at radius 3 is 2.73 bits per heavy atom. The molecule has 0 aromatic carbocycles. The van der Waals surface area contributed by atoms with Crippen molar-refractivity contribution in [2.75, 3.05) is 32.2 Å². The molecule has 22 heavy (non-hydrogen) atoms. The Kier molecular flexibility index (Phi) is 5.88. The summed E-state index contributed by atoms with van der Waals surface area (Å²) in [6.45, 7) is 3.26. The third kappa shape index (κ3) is 4.27. The summed E-state index contributed by atoms with van der Waals surface area (Å²) in [6, 6.07) is 0. The molecule has 1 saturated carbocycles. The van der Waals surface area contributed by atoms with Gasteiger partial charge in [0.15, 0.2) is 0 Å². The fourth-order valence-electron chi connectivity index (χ4n) is 1.97. The second-order valence-electron chi connectivity index (χ2n) is 5.24. The number of aromatic nitrogens is 2. The highest BCUT2D eigenvalue weighted by Gasteiger charge is 2.32. The normalized spacial score (nSPS) is 13.9. The van der Waals surface area contributed by atoms with E-state index in [9.17, 15) is 10.1 Å². The monoisotopic (exact) mass is 310 g/mol. The number of methoxy groups -OCH3 is 1. The van der Waals surface area contributed by atoms with Crippen LogP contribution in [-0.4, -0.2) is 41.8 Å². The van der Waals surface area contributed by atoms with Crippen LogP contribution in [0.1, 0.15) is 44.3 Å². The molecule has 2 rings (SSSR count). The molecule has 1 N–H and O–H groups in total. The van der Waals surface area contributed by atoms with Gasteiger partial charge in [0.2, 0.25) is 5.82 Å². The summed E-state index contributed by atoms with van der Waals surface area (Å²) in [4.78, 5) is 19.5. The van der Waals surface area contributed by atoms with Crippen LogP contribution in [0.4, 0.5) is 11.5 Å². The van der Waals surface area contributed by atoms with Gasteiger partial charge in [-0.2, -0.15) is 4.98 Å². The van der Waals surface area contributed by atoms with E-state index in [0.29, 0.717) is 19.0 Å². The maximum Gasteiger partial charge on any atom is 0.372 e. The number of hydrogen-bond acceptors (Lipinski definition) is 7. The van der Waals surface area contributed by atoms with E-state index in [2.05, 4.69) is 22.2 Å². The van der Waals surface area contributed by atoms with Gasteiger partial charge in [0.1, 0.15) is 12.4 Å². The molecule has 1 aliphatic carbocycles. The molecule has 1 aliphatic rings. The van der Waals surface area contributed by atoms with E-state index in [1.807, 2.05) is 0 Å². The average Bonchev–Trinajstić information content (AvgIpc) is 3.31. The molecule has 1 aromatic rings. The quantitative estimate of drug-likeness (QED) is 0.402. The maximum absolute atomic E-state index is 11.4. The number of hydrogen-bond donors (Lipinski definition) is 1. The lowest BCUT2D eigenvalue weighted by Gasteiger charge is -2.11. The molecular weight excluding hydrogens is 288 g/mol. The number of nitrogens with zero attached hydrogens (tertiary/aromatic N) is 3. The molecule has 0 radical (unpaired) electrons. The van der Waals surface area contributed by atoms with Crippen molar-refractivity contribution in [3.63, 3.8) is 0 Å². The molecule has 0 unspecified atom stereocenters. The Hall–Kier alpha value is -1.96. The van der Waals surface area contributed by atoms with Crippen molar-refractivity contribution in [1.82, 2.24) is 9.97 Å². The molecule has 0 spiro atoms. The number of unbranched alkanes of at least 4 members (excludes halogenated alkanes) is 1. The number of ether oxygens (including phenoxy) is 2. The van der Waals surface area contributed by atoms with Crippen LogP contribution in [0.25, 0.3) is 0 Å². The summed E-state index contributed by atoms with van der Waals surface area (Å²) >= 11 is 0. The summed E-state index contributed by atoms with van der Waals surface area (Å²) in [7, 11) is 1.55. The standard InChI is InChI=1S/C14H22N4O4/c1-3-4-7-15-13-11(18(19)20)14(22-9-8-21-2)17-12(16-13)10-5-6-10/h10H,3-9H2,1-2H3,(H,15,16,17).